The van der Waals surface area contributed by atoms with E-state index < -0.39 is 35.9 Å². The number of halogens is 5. The maximum atomic E-state index is 14.9. The van der Waals surface area contributed by atoms with E-state index in [1.807, 2.05) is 0 Å². The van der Waals surface area contributed by atoms with Crippen LogP contribution in [-0.4, -0.2) is 52.1 Å². The summed E-state index contributed by atoms with van der Waals surface area (Å²) in [6.07, 6.45) is 1.58. The maximum Gasteiger partial charge on any atom is 0.301 e. The minimum Gasteiger partial charge on any atom is -0.480 e. The number of hydrogen-bond donors (Lipinski definition) is 2. The highest BCUT2D eigenvalue weighted by Gasteiger charge is 2.51. The second-order valence-electron chi connectivity index (χ2n) is 10.1. The molecular formula is C25H25F5N6O2. The molecule has 2 N–H and O–H groups in total. The Morgan fingerprint density at radius 2 is 1.89 bits per heavy atom. The highest BCUT2D eigenvalue weighted by molar-refractivity contribution is 5.97. The summed E-state index contributed by atoms with van der Waals surface area (Å²) in [4.78, 5) is 22.7. The molecule has 0 unspecified atom stereocenters. The van der Waals surface area contributed by atoms with Crippen molar-refractivity contribution in [3.8, 4) is 5.75 Å². The number of nitrogens with zero attached hydrogens (tertiary/aromatic N) is 4. The molecule has 4 heterocycles. The number of anilines is 4. The Morgan fingerprint density at radius 3 is 2.61 bits per heavy atom. The van der Waals surface area contributed by atoms with Crippen molar-refractivity contribution >= 4 is 34.0 Å². The Labute approximate surface area is 213 Å². The highest BCUT2D eigenvalue weighted by atomic mass is 19.3. The number of aromatic nitrogens is 3. The van der Waals surface area contributed by atoms with Gasteiger partial charge in [-0.25, -0.2) is 26.9 Å². The van der Waals surface area contributed by atoms with Crippen LogP contribution in [0, 0.1) is 11.7 Å². The number of ether oxygens (including phenoxy) is 1. The topological polar surface area (TPSA) is 84.3 Å². The van der Waals surface area contributed by atoms with Gasteiger partial charge in [-0.2, -0.15) is 4.98 Å². The molecule has 2 aromatic heterocycles. The summed E-state index contributed by atoms with van der Waals surface area (Å²) in [6, 6.07) is 3.62. The molecule has 0 radical (unpaired) electrons. The molecule has 13 heteroatoms. The Hall–Kier alpha value is -3.64. The van der Waals surface area contributed by atoms with Gasteiger partial charge in [0.25, 0.3) is 11.5 Å². The maximum absolute atomic E-state index is 14.9. The van der Waals surface area contributed by atoms with Crippen molar-refractivity contribution in [3.05, 3.63) is 40.6 Å². The number of piperidine rings is 1. The standard InChI is InChI=1S/C25H25F5N6O2/c1-35-17-5-4-14(32-21-16(26)11-31-23(34-21)36-8-6-24(27,28)7-9-36)10-15(17)18-19(22(35)37)38-12-25(29,30)20(33-18)13-2-3-13/h4-5,10-11,13,20,33H,2-3,6-9,12H2,1H3,(H,31,32,34)/t20-/m0/s1. The summed E-state index contributed by atoms with van der Waals surface area (Å²) in [5.74, 6) is -7.17. The van der Waals surface area contributed by atoms with Crippen LogP contribution < -0.4 is 25.8 Å². The monoisotopic (exact) mass is 536 g/mol. The summed E-state index contributed by atoms with van der Waals surface area (Å²) in [7, 11) is 1.52. The average molecular weight is 537 g/mol. The summed E-state index contributed by atoms with van der Waals surface area (Å²) in [6.45, 7) is -0.844. The molecule has 0 bridgehead atoms. The molecule has 2 aliphatic heterocycles. The van der Waals surface area contributed by atoms with E-state index in [2.05, 4.69) is 20.6 Å². The van der Waals surface area contributed by atoms with Gasteiger partial charge in [-0.1, -0.05) is 0 Å². The van der Waals surface area contributed by atoms with E-state index >= 15 is 0 Å². The number of hydrogen-bond acceptors (Lipinski definition) is 7. The third-order valence-electron chi connectivity index (χ3n) is 7.38. The van der Waals surface area contributed by atoms with E-state index in [0.29, 0.717) is 29.4 Å². The number of alkyl halides is 4. The normalized spacial score (nSPS) is 22.3. The number of rotatable bonds is 4. The molecule has 202 valence electrons. The van der Waals surface area contributed by atoms with E-state index in [-0.39, 0.29) is 55.1 Å². The van der Waals surface area contributed by atoms with Crippen molar-refractivity contribution in [2.45, 2.75) is 43.6 Å². The van der Waals surface area contributed by atoms with Crippen LogP contribution in [0.1, 0.15) is 25.7 Å². The lowest BCUT2D eigenvalue weighted by Gasteiger charge is -2.31. The first kappa shape index (κ1) is 24.7. The van der Waals surface area contributed by atoms with E-state index in [1.54, 1.807) is 23.1 Å². The minimum atomic E-state index is -3.17. The van der Waals surface area contributed by atoms with Crippen molar-refractivity contribution < 1.29 is 26.7 Å². The van der Waals surface area contributed by atoms with E-state index in [1.165, 1.54) is 11.6 Å². The molecule has 6 rings (SSSR count). The molecule has 1 atom stereocenters. The zero-order valence-corrected chi connectivity index (χ0v) is 20.4. The van der Waals surface area contributed by atoms with E-state index in [0.717, 1.165) is 6.20 Å². The molecule has 1 saturated carbocycles. The first-order valence-electron chi connectivity index (χ1n) is 12.4. The molecule has 38 heavy (non-hydrogen) atoms. The fourth-order valence-electron chi connectivity index (χ4n) is 5.05. The second kappa shape index (κ2) is 8.70. The largest absolute Gasteiger partial charge is 0.480 e. The van der Waals surface area contributed by atoms with Gasteiger partial charge in [0.15, 0.2) is 18.2 Å². The number of fused-ring (bicyclic) bond motifs is 3. The van der Waals surface area contributed by atoms with Gasteiger partial charge in [-0.15, -0.1) is 0 Å². The van der Waals surface area contributed by atoms with Crippen LogP contribution in [0.2, 0.25) is 0 Å². The Kier molecular flexibility index (Phi) is 5.65. The van der Waals surface area contributed by atoms with Gasteiger partial charge in [-0.3, -0.25) is 4.79 Å². The van der Waals surface area contributed by atoms with Gasteiger partial charge in [0.2, 0.25) is 11.7 Å². The predicted octanol–water partition coefficient (Wildman–Crippen LogP) is 4.66. The molecule has 8 nitrogen and oxygen atoms in total. The van der Waals surface area contributed by atoms with E-state index in [9.17, 15) is 26.7 Å². The van der Waals surface area contributed by atoms with Crippen molar-refractivity contribution in [2.24, 2.45) is 13.0 Å². The second-order valence-corrected chi connectivity index (χ2v) is 10.1. The van der Waals surface area contributed by atoms with Crippen LogP contribution in [0.25, 0.3) is 10.9 Å². The number of aryl methyl sites for hydroxylation is 1. The first-order valence-corrected chi connectivity index (χ1v) is 12.4. The summed E-state index contributed by atoms with van der Waals surface area (Å²) < 4.78 is 78.1. The smallest absolute Gasteiger partial charge is 0.301 e. The number of pyridine rings is 1. The van der Waals surface area contributed by atoms with Gasteiger partial charge >= 0.3 is 5.92 Å². The van der Waals surface area contributed by atoms with Crippen molar-refractivity contribution in [2.75, 3.05) is 35.2 Å². The molecule has 1 saturated heterocycles. The van der Waals surface area contributed by atoms with Crippen LogP contribution >= 0.6 is 0 Å². The first-order chi connectivity index (χ1) is 18.0. The van der Waals surface area contributed by atoms with Gasteiger partial charge in [0.1, 0.15) is 0 Å². The van der Waals surface area contributed by atoms with Crippen LogP contribution in [0.15, 0.2) is 29.2 Å². The summed E-state index contributed by atoms with van der Waals surface area (Å²) in [5, 5.41) is 6.21. The highest BCUT2D eigenvalue weighted by Crippen LogP contribution is 2.45. The van der Waals surface area contributed by atoms with E-state index in [4.69, 9.17) is 4.74 Å². The van der Waals surface area contributed by atoms with Gasteiger partial charge < -0.3 is 24.8 Å². The third-order valence-corrected chi connectivity index (χ3v) is 7.38. The summed E-state index contributed by atoms with van der Waals surface area (Å²) in [5.41, 5.74) is 0.451. The number of nitrogens with one attached hydrogen (secondary N) is 2. The molecule has 2 fully saturated rings. The van der Waals surface area contributed by atoms with Crippen LogP contribution in [0.4, 0.5) is 45.1 Å². The Morgan fingerprint density at radius 1 is 1.16 bits per heavy atom. The SMILES string of the molecule is Cn1c(=O)c2c(c3cc(Nc4nc(N5CCC(F)(F)CC5)ncc4F)ccc31)N[C@@H](C1CC1)C(F)(F)CO2. The molecule has 0 spiro atoms. The lowest BCUT2D eigenvalue weighted by molar-refractivity contribution is -0.0579. The van der Waals surface area contributed by atoms with Crippen molar-refractivity contribution in [1.29, 1.82) is 0 Å². The van der Waals surface area contributed by atoms with Crippen molar-refractivity contribution in [1.82, 2.24) is 14.5 Å². The van der Waals surface area contributed by atoms with Crippen LogP contribution in [0.3, 0.4) is 0 Å². The molecule has 1 aromatic carbocycles. The zero-order chi connectivity index (χ0) is 26.8. The average Bonchev–Trinajstić information content (AvgIpc) is 3.71. The van der Waals surface area contributed by atoms with Gasteiger partial charge in [-0.05, 0) is 37.0 Å². The quantitative estimate of drug-likeness (QED) is 0.469. The molecule has 1 aliphatic carbocycles. The Bertz CT molecular complexity index is 1460. The molecule has 3 aromatic rings. The lowest BCUT2D eigenvalue weighted by atomic mass is 10.0. The zero-order valence-electron chi connectivity index (χ0n) is 20.4. The van der Waals surface area contributed by atoms with Crippen LogP contribution in [0.5, 0.6) is 5.75 Å². The third kappa shape index (κ3) is 4.37. The summed E-state index contributed by atoms with van der Waals surface area (Å²) >= 11 is 0. The van der Waals surface area contributed by atoms with Gasteiger partial charge in [0, 0.05) is 44.1 Å². The Balaban J connectivity index is 1.36. The van der Waals surface area contributed by atoms with Gasteiger partial charge in [0.05, 0.1) is 23.4 Å². The fourth-order valence-corrected chi connectivity index (χ4v) is 5.05. The van der Waals surface area contributed by atoms with Crippen LogP contribution in [-0.2, 0) is 7.05 Å². The lowest BCUT2D eigenvalue weighted by Crippen LogP contribution is -2.44. The molecule has 3 aliphatic rings. The molecular weight excluding hydrogens is 511 g/mol. The predicted molar refractivity (Wildman–Crippen MR) is 131 cm³/mol. The molecule has 0 amide bonds. The number of benzene rings is 1. The minimum absolute atomic E-state index is 0.0344. The van der Waals surface area contributed by atoms with Crippen molar-refractivity contribution in [3.63, 3.8) is 0 Å². The fraction of sp³-hybridized carbons (Fsp3) is 0.480.